The van der Waals surface area contributed by atoms with Gasteiger partial charge in [0.15, 0.2) is 0 Å². The van der Waals surface area contributed by atoms with Gasteiger partial charge in [-0.3, -0.25) is 9.59 Å². The molecule has 1 aromatic heterocycles. The second kappa shape index (κ2) is 7.59. The van der Waals surface area contributed by atoms with E-state index in [-0.39, 0.29) is 13.1 Å². The van der Waals surface area contributed by atoms with Gasteiger partial charge in [-0.25, -0.2) is 0 Å². The van der Waals surface area contributed by atoms with Crippen LogP contribution in [0.25, 0.3) is 0 Å². The average molecular weight is 411 g/mol. The summed E-state index contributed by atoms with van der Waals surface area (Å²) >= 11 is 0. The molecule has 3 rings (SSSR count). The van der Waals surface area contributed by atoms with Crippen LogP contribution < -0.4 is 21.3 Å². The fourth-order valence-corrected chi connectivity index (χ4v) is 3.20. The fraction of sp³-hybridized carbons (Fsp3) is 0.278. The summed E-state index contributed by atoms with van der Waals surface area (Å²) in [7, 11) is 0. The summed E-state index contributed by atoms with van der Waals surface area (Å²) in [6, 6.07) is 4.23. The molecule has 2 heterocycles. The Hall–Kier alpha value is -3.34. The summed E-state index contributed by atoms with van der Waals surface area (Å²) < 4.78 is 39.4. The normalized spacial score (nSPS) is 13.2. The monoisotopic (exact) mass is 411 g/mol. The van der Waals surface area contributed by atoms with Crippen molar-refractivity contribution in [2.45, 2.75) is 25.8 Å². The molecule has 29 heavy (non-hydrogen) atoms. The zero-order valence-corrected chi connectivity index (χ0v) is 14.9. The van der Waals surface area contributed by atoms with E-state index in [0.717, 1.165) is 12.1 Å². The molecule has 0 fully saturated rings. The number of carboxylic acid groups (broad SMARTS) is 1. The van der Waals surface area contributed by atoms with Crippen LogP contribution in [0.15, 0.2) is 29.1 Å². The molecular formula is C18H16F3N3O5. The van der Waals surface area contributed by atoms with Crippen molar-refractivity contribution in [1.82, 2.24) is 9.88 Å². The molecule has 2 aromatic rings. The number of nitrogens with zero attached hydrogens (tertiary/aromatic N) is 1. The summed E-state index contributed by atoms with van der Waals surface area (Å²) in [6.07, 6.45) is -4.49. The number of halogens is 3. The third-order valence-corrected chi connectivity index (χ3v) is 4.58. The maximum absolute atomic E-state index is 12.9. The molecule has 1 aliphatic heterocycles. The molecule has 154 valence electrons. The van der Waals surface area contributed by atoms with E-state index < -0.39 is 47.0 Å². The number of aromatic nitrogens is 1. The van der Waals surface area contributed by atoms with E-state index in [4.69, 9.17) is 0 Å². The molecule has 0 radical (unpaired) electrons. The van der Waals surface area contributed by atoms with E-state index in [2.05, 4.69) is 0 Å². The van der Waals surface area contributed by atoms with Gasteiger partial charge in [-0.05, 0) is 17.7 Å². The third kappa shape index (κ3) is 4.09. The summed E-state index contributed by atoms with van der Waals surface area (Å²) in [6.45, 7) is -0.344. The van der Waals surface area contributed by atoms with Crippen LogP contribution in [-0.4, -0.2) is 28.1 Å². The molecule has 1 aliphatic rings. The highest BCUT2D eigenvalue weighted by Crippen LogP contribution is 2.29. The van der Waals surface area contributed by atoms with Gasteiger partial charge in [-0.15, -0.1) is 0 Å². The van der Waals surface area contributed by atoms with Gasteiger partial charge in [0.2, 0.25) is 0 Å². The van der Waals surface area contributed by atoms with Crippen LogP contribution >= 0.6 is 0 Å². The Kier molecular flexibility index (Phi) is 5.33. The minimum absolute atomic E-state index is 0.117. The van der Waals surface area contributed by atoms with Gasteiger partial charge in [-0.2, -0.15) is 13.2 Å². The van der Waals surface area contributed by atoms with E-state index >= 15 is 0 Å². The third-order valence-electron chi connectivity index (χ3n) is 4.58. The smallest absolute Gasteiger partial charge is 0.416 e. The lowest BCUT2D eigenvalue weighted by molar-refractivity contribution is -0.676. The first-order valence-electron chi connectivity index (χ1n) is 8.53. The fourth-order valence-electron chi connectivity index (χ4n) is 3.20. The first-order chi connectivity index (χ1) is 13.6. The largest absolute Gasteiger partial charge is 0.548 e. The molecule has 11 heteroatoms. The van der Waals surface area contributed by atoms with Crippen LogP contribution in [0.5, 0.6) is 5.75 Å². The van der Waals surface area contributed by atoms with Crippen molar-refractivity contribution >= 4 is 11.9 Å². The maximum atomic E-state index is 12.9. The molecule has 0 saturated heterocycles. The van der Waals surface area contributed by atoms with Gasteiger partial charge < -0.3 is 30.2 Å². The van der Waals surface area contributed by atoms with E-state index in [1.165, 1.54) is 16.7 Å². The van der Waals surface area contributed by atoms with Gasteiger partial charge in [0.25, 0.3) is 11.5 Å². The number of carboxylic acids is 1. The molecule has 1 amide bonds. The number of fused-ring (bicyclic) bond motifs is 1. The number of benzene rings is 1. The average Bonchev–Trinajstić information content (AvgIpc) is 3.13. The number of hydrogen-bond acceptors (Lipinski definition) is 5. The van der Waals surface area contributed by atoms with Crippen LogP contribution in [0.1, 0.15) is 32.7 Å². The van der Waals surface area contributed by atoms with Crippen LogP contribution in [0.3, 0.4) is 0 Å². The molecular weight excluding hydrogens is 395 g/mol. The molecule has 4 N–H and O–H groups in total. The van der Waals surface area contributed by atoms with Crippen LogP contribution in [0.2, 0.25) is 0 Å². The Labute approximate surface area is 161 Å². The Morgan fingerprint density at radius 2 is 1.86 bits per heavy atom. The van der Waals surface area contributed by atoms with E-state index in [1.807, 2.05) is 5.32 Å². The molecule has 0 bridgehead atoms. The van der Waals surface area contributed by atoms with Crippen molar-refractivity contribution in [3.05, 3.63) is 62.6 Å². The first kappa shape index (κ1) is 20.4. The zero-order chi connectivity index (χ0) is 21.3. The highest BCUT2D eigenvalue weighted by Gasteiger charge is 2.31. The Balaban J connectivity index is 2.02. The van der Waals surface area contributed by atoms with Crippen molar-refractivity contribution in [3.63, 3.8) is 0 Å². The molecule has 0 atom stereocenters. The number of aliphatic carboxylic acids is 1. The number of alkyl halides is 3. The topological polar surface area (TPSA) is 128 Å². The first-order valence-corrected chi connectivity index (χ1v) is 8.53. The van der Waals surface area contributed by atoms with Crippen LogP contribution in [0, 0.1) is 0 Å². The number of pyridine rings is 1. The highest BCUT2D eigenvalue weighted by molar-refractivity contribution is 5.98. The zero-order valence-electron chi connectivity index (χ0n) is 14.9. The van der Waals surface area contributed by atoms with Gasteiger partial charge in [0.05, 0.1) is 35.9 Å². The number of hydrogen-bond donors (Lipinski definition) is 3. The van der Waals surface area contributed by atoms with E-state index in [0.29, 0.717) is 23.4 Å². The number of amides is 1. The number of nitrogens with two attached hydrogens (primary N) is 1. The van der Waals surface area contributed by atoms with Gasteiger partial charge in [0, 0.05) is 0 Å². The SMILES string of the molecule is O=C([O-])CNC(=O)c1c(O)c2c(n(Cc3ccc(C(F)(F)F)cc3)c1=O)C[NH2+]C2. The van der Waals surface area contributed by atoms with Crippen molar-refractivity contribution in [1.29, 1.82) is 0 Å². The molecule has 1 aromatic carbocycles. The molecule has 0 saturated carbocycles. The number of quaternary nitrogens is 1. The standard InChI is InChI=1S/C18H16F3N3O5/c19-18(20,21)10-3-1-9(2-4-10)8-24-12-6-22-5-11(12)15(27)14(17(24)29)16(28)23-7-13(25)26/h1-4,22,27H,5-8H2,(H,23,28)(H,25,26). The van der Waals surface area contributed by atoms with Crippen LogP contribution in [0.4, 0.5) is 13.2 Å². The van der Waals surface area contributed by atoms with Crippen molar-refractivity contribution in [2.24, 2.45) is 0 Å². The Morgan fingerprint density at radius 3 is 2.45 bits per heavy atom. The minimum Gasteiger partial charge on any atom is -0.548 e. The number of nitrogens with one attached hydrogen (secondary N) is 1. The summed E-state index contributed by atoms with van der Waals surface area (Å²) in [4.78, 5) is 35.6. The molecule has 0 aliphatic carbocycles. The quantitative estimate of drug-likeness (QED) is 0.562. The predicted octanol–water partition coefficient (Wildman–Crippen LogP) is -1.32. The Morgan fingerprint density at radius 1 is 1.21 bits per heavy atom. The molecule has 8 nitrogen and oxygen atoms in total. The summed E-state index contributed by atoms with van der Waals surface area (Å²) in [5.41, 5.74) is -1.14. The number of carbonyl (C=O) groups excluding carboxylic acids is 2. The Bertz CT molecular complexity index is 1030. The van der Waals surface area contributed by atoms with Gasteiger partial charge in [0.1, 0.15) is 24.4 Å². The second-order valence-electron chi connectivity index (χ2n) is 6.49. The lowest BCUT2D eigenvalue weighted by Crippen LogP contribution is -2.77. The summed E-state index contributed by atoms with van der Waals surface area (Å²) in [5.74, 6) is -3.18. The minimum atomic E-state index is -4.49. The number of rotatable bonds is 5. The second-order valence-corrected chi connectivity index (χ2v) is 6.49. The van der Waals surface area contributed by atoms with Crippen molar-refractivity contribution in [3.8, 4) is 5.75 Å². The molecule has 0 spiro atoms. The predicted molar refractivity (Wildman–Crippen MR) is 89.6 cm³/mol. The molecule has 0 unspecified atom stereocenters. The van der Waals surface area contributed by atoms with E-state index in [1.54, 1.807) is 5.32 Å². The maximum Gasteiger partial charge on any atom is 0.416 e. The lowest BCUT2D eigenvalue weighted by Gasteiger charge is -2.15. The lowest BCUT2D eigenvalue weighted by atomic mass is 10.1. The van der Waals surface area contributed by atoms with Crippen molar-refractivity contribution in [2.75, 3.05) is 6.54 Å². The summed E-state index contributed by atoms with van der Waals surface area (Å²) in [5, 5.41) is 24.7. The van der Waals surface area contributed by atoms with Gasteiger partial charge >= 0.3 is 6.18 Å². The van der Waals surface area contributed by atoms with Crippen LogP contribution in [-0.2, 0) is 30.6 Å². The number of aromatic hydroxyl groups is 1. The highest BCUT2D eigenvalue weighted by atomic mass is 19.4. The number of carbonyl (C=O) groups is 2. The van der Waals surface area contributed by atoms with Gasteiger partial charge in [-0.1, -0.05) is 12.1 Å². The van der Waals surface area contributed by atoms with Crippen molar-refractivity contribution < 1.29 is 38.3 Å². The van der Waals surface area contributed by atoms with E-state index in [9.17, 15) is 37.8 Å².